The molecule has 1 heterocycles. The summed E-state index contributed by atoms with van der Waals surface area (Å²) in [6, 6.07) is 88.5. The van der Waals surface area contributed by atoms with E-state index in [4.69, 9.17) is 0 Å². The second kappa shape index (κ2) is 14.8. The Bertz CT molecular complexity index is 3620. The first-order chi connectivity index (χ1) is 30.8. The lowest BCUT2D eigenvalue weighted by Gasteiger charge is -2.29. The highest BCUT2D eigenvalue weighted by Gasteiger charge is 2.22. The zero-order chi connectivity index (χ0) is 41.0. The van der Waals surface area contributed by atoms with Crippen LogP contribution in [-0.4, -0.2) is 4.57 Å². The largest absolute Gasteiger partial charge is 0.310 e. The van der Waals surface area contributed by atoms with Crippen molar-refractivity contribution < 1.29 is 0 Å². The van der Waals surface area contributed by atoms with Crippen molar-refractivity contribution in [3.63, 3.8) is 0 Å². The molecule has 0 aliphatic rings. The zero-order valence-corrected chi connectivity index (χ0v) is 34.0. The van der Waals surface area contributed by atoms with E-state index < -0.39 is 0 Å². The fourth-order valence-electron chi connectivity index (χ4n) is 9.78. The normalized spacial score (nSPS) is 11.5. The van der Waals surface area contributed by atoms with E-state index in [-0.39, 0.29) is 0 Å². The number of aromatic nitrogens is 1. The maximum atomic E-state index is 2.45. The van der Waals surface area contributed by atoms with Gasteiger partial charge in [0, 0.05) is 33.4 Å². The topological polar surface area (TPSA) is 8.17 Å². The van der Waals surface area contributed by atoms with E-state index in [2.05, 4.69) is 252 Å². The number of para-hydroxylation sites is 3. The summed E-state index contributed by atoms with van der Waals surface area (Å²) in [5.74, 6) is 0. The summed E-state index contributed by atoms with van der Waals surface area (Å²) >= 11 is 0. The summed E-state index contributed by atoms with van der Waals surface area (Å²) in [7, 11) is 0. The first-order valence-electron chi connectivity index (χ1n) is 21.3. The number of anilines is 3. The van der Waals surface area contributed by atoms with Crippen molar-refractivity contribution in [2.45, 2.75) is 0 Å². The number of fused-ring (bicyclic) bond motifs is 7. The van der Waals surface area contributed by atoms with Crippen LogP contribution in [0.25, 0.3) is 93.2 Å². The van der Waals surface area contributed by atoms with Gasteiger partial charge in [-0.05, 0) is 109 Å². The second-order valence-corrected chi connectivity index (χ2v) is 16.1. The smallest absolute Gasteiger partial charge is 0.0561 e. The fourth-order valence-corrected chi connectivity index (χ4v) is 9.78. The molecule has 12 rings (SSSR count). The highest BCUT2D eigenvalue weighted by molar-refractivity contribution is 6.13. The number of nitrogens with zero attached hydrogens (tertiary/aromatic N) is 2. The molecule has 1 aromatic heterocycles. The van der Waals surface area contributed by atoms with Crippen molar-refractivity contribution in [2.75, 3.05) is 4.90 Å². The zero-order valence-electron chi connectivity index (χ0n) is 34.0. The van der Waals surface area contributed by atoms with Gasteiger partial charge in [-0.2, -0.15) is 0 Å². The van der Waals surface area contributed by atoms with Crippen molar-refractivity contribution in [1.29, 1.82) is 0 Å². The molecule has 11 aromatic carbocycles. The molecule has 0 N–H and O–H groups in total. The molecule has 2 heteroatoms. The lowest BCUT2D eigenvalue weighted by atomic mass is 9.90. The third-order valence-electron chi connectivity index (χ3n) is 12.6. The third kappa shape index (κ3) is 5.88. The Morgan fingerprint density at radius 1 is 0.290 bits per heavy atom. The lowest BCUT2D eigenvalue weighted by molar-refractivity contribution is 1.18. The van der Waals surface area contributed by atoms with Crippen LogP contribution < -0.4 is 4.90 Å². The summed E-state index contributed by atoms with van der Waals surface area (Å²) in [5, 5.41) is 9.98. The first kappa shape index (κ1) is 35.7. The average Bonchev–Trinajstić information content (AvgIpc) is 3.68. The molecule has 0 spiro atoms. The SMILES string of the molecule is c1ccc(-c2cccc3cccc(-c4ccccc4N(c4ccc(-c5cccc6c5ccc5ccccc56)cc4)c4ccc5c6ccccc6n(-c6ccccc6)c5c4)c23)cc1. The summed E-state index contributed by atoms with van der Waals surface area (Å²) in [6.07, 6.45) is 0. The Labute approximate surface area is 360 Å². The molecule has 290 valence electrons. The van der Waals surface area contributed by atoms with Gasteiger partial charge in [-0.15, -0.1) is 0 Å². The molecule has 0 saturated carbocycles. The van der Waals surface area contributed by atoms with Crippen LogP contribution in [0, 0.1) is 0 Å². The minimum atomic E-state index is 1.08. The van der Waals surface area contributed by atoms with Crippen LogP contribution in [0.4, 0.5) is 17.1 Å². The monoisotopic (exact) mass is 788 g/mol. The highest BCUT2D eigenvalue weighted by Crippen LogP contribution is 2.46. The van der Waals surface area contributed by atoms with Crippen molar-refractivity contribution in [1.82, 2.24) is 4.57 Å². The van der Waals surface area contributed by atoms with E-state index >= 15 is 0 Å². The molecule has 0 bridgehead atoms. The molecular weight excluding hydrogens is 749 g/mol. The van der Waals surface area contributed by atoms with Gasteiger partial charge in [0.2, 0.25) is 0 Å². The van der Waals surface area contributed by atoms with Crippen molar-refractivity contribution in [2.24, 2.45) is 0 Å². The van der Waals surface area contributed by atoms with Gasteiger partial charge in [0.25, 0.3) is 0 Å². The molecule has 0 saturated heterocycles. The molecule has 62 heavy (non-hydrogen) atoms. The minimum absolute atomic E-state index is 1.08. The summed E-state index contributed by atoms with van der Waals surface area (Å²) in [5.41, 5.74) is 14.0. The molecule has 2 nitrogen and oxygen atoms in total. The molecule has 0 aliphatic carbocycles. The van der Waals surface area contributed by atoms with Crippen LogP contribution in [0.2, 0.25) is 0 Å². The summed E-state index contributed by atoms with van der Waals surface area (Å²) in [6.45, 7) is 0. The van der Waals surface area contributed by atoms with Gasteiger partial charge in [0.05, 0.1) is 16.7 Å². The Kier molecular flexibility index (Phi) is 8.53. The maximum Gasteiger partial charge on any atom is 0.0561 e. The first-order valence-corrected chi connectivity index (χ1v) is 21.3. The van der Waals surface area contributed by atoms with Crippen LogP contribution in [0.5, 0.6) is 0 Å². The van der Waals surface area contributed by atoms with Crippen LogP contribution in [0.3, 0.4) is 0 Å². The number of rotatable bonds is 7. The minimum Gasteiger partial charge on any atom is -0.310 e. The molecule has 0 radical (unpaired) electrons. The van der Waals surface area contributed by atoms with E-state index in [0.29, 0.717) is 0 Å². The van der Waals surface area contributed by atoms with E-state index in [1.165, 1.54) is 76.4 Å². The molecule has 0 aliphatic heterocycles. The molecule has 12 aromatic rings. The predicted molar refractivity (Wildman–Crippen MR) is 264 cm³/mol. The Hall–Kier alpha value is -8.20. The van der Waals surface area contributed by atoms with Crippen LogP contribution >= 0.6 is 0 Å². The fraction of sp³-hybridized carbons (Fsp3) is 0. The van der Waals surface area contributed by atoms with Gasteiger partial charge >= 0.3 is 0 Å². The quantitative estimate of drug-likeness (QED) is 0.146. The van der Waals surface area contributed by atoms with Gasteiger partial charge in [0.1, 0.15) is 0 Å². The summed E-state index contributed by atoms with van der Waals surface area (Å²) < 4.78 is 2.41. The average molecular weight is 789 g/mol. The maximum absolute atomic E-state index is 2.45. The van der Waals surface area contributed by atoms with Crippen LogP contribution in [-0.2, 0) is 0 Å². The predicted octanol–water partition coefficient (Wildman–Crippen LogP) is 16.7. The van der Waals surface area contributed by atoms with Crippen LogP contribution in [0.15, 0.2) is 243 Å². The Balaban J connectivity index is 1.09. The lowest BCUT2D eigenvalue weighted by Crippen LogP contribution is -2.11. The highest BCUT2D eigenvalue weighted by atomic mass is 15.1. The van der Waals surface area contributed by atoms with Crippen molar-refractivity contribution in [3.8, 4) is 39.1 Å². The van der Waals surface area contributed by atoms with Gasteiger partial charge < -0.3 is 9.47 Å². The molecule has 0 atom stereocenters. The van der Waals surface area contributed by atoms with Gasteiger partial charge in [0.15, 0.2) is 0 Å². The van der Waals surface area contributed by atoms with E-state index in [0.717, 1.165) is 33.8 Å². The molecule has 0 amide bonds. The van der Waals surface area contributed by atoms with Crippen molar-refractivity contribution >= 4 is 71.2 Å². The molecule has 0 fully saturated rings. The Morgan fingerprint density at radius 2 is 0.855 bits per heavy atom. The van der Waals surface area contributed by atoms with Gasteiger partial charge in [-0.25, -0.2) is 0 Å². The molecule has 0 unspecified atom stereocenters. The third-order valence-corrected chi connectivity index (χ3v) is 12.6. The summed E-state index contributed by atoms with van der Waals surface area (Å²) in [4.78, 5) is 2.45. The molecular formula is C60H40N2. The number of hydrogen-bond donors (Lipinski definition) is 0. The van der Waals surface area contributed by atoms with E-state index in [1.807, 2.05) is 0 Å². The van der Waals surface area contributed by atoms with E-state index in [1.54, 1.807) is 0 Å². The second-order valence-electron chi connectivity index (χ2n) is 16.1. The van der Waals surface area contributed by atoms with Crippen molar-refractivity contribution in [3.05, 3.63) is 243 Å². The van der Waals surface area contributed by atoms with Gasteiger partial charge in [-0.3, -0.25) is 0 Å². The van der Waals surface area contributed by atoms with Gasteiger partial charge in [-0.1, -0.05) is 194 Å². The number of benzene rings is 11. The standard InChI is InChI=1S/C60H40N2/c1-3-16-41(17-4-1)50-27-13-19-44-20-14-29-56(60(44)50)54-25-10-11-30-57(54)61(47-37-39-55-53-24-9-12-31-58(53)62(59(55)40-47)45-21-5-2-6-22-45)46-35-32-43(33-36-46)49-26-15-28-51-48-23-8-7-18-42(48)34-38-52(49)51/h1-40H. The van der Waals surface area contributed by atoms with Crippen LogP contribution in [0.1, 0.15) is 0 Å². The van der Waals surface area contributed by atoms with E-state index in [9.17, 15) is 0 Å². The number of hydrogen-bond acceptors (Lipinski definition) is 1. The Morgan fingerprint density at radius 3 is 1.69 bits per heavy atom.